The Balaban J connectivity index is 1.55. The van der Waals surface area contributed by atoms with Crippen LogP contribution in [0.1, 0.15) is 56.3 Å². The van der Waals surface area contributed by atoms with Gasteiger partial charge in [0.2, 0.25) is 5.67 Å². The molecule has 3 unspecified atom stereocenters. The van der Waals surface area contributed by atoms with Crippen LogP contribution in [0, 0.1) is 5.82 Å². The van der Waals surface area contributed by atoms with Crippen LogP contribution >= 0.6 is 0 Å². The van der Waals surface area contributed by atoms with Crippen LogP contribution < -0.4 is 0 Å². The third kappa shape index (κ3) is 4.14. The average molecular weight is 530 g/mol. The molecule has 1 aliphatic heterocycles. The molecule has 0 spiro atoms. The number of hydrogen-bond acceptors (Lipinski definition) is 2. The molecule has 1 amide bonds. The number of likely N-dealkylation sites (tertiary alicyclic amines) is 1. The topological polar surface area (TPSA) is 57.6 Å². The Labute approximate surface area is 215 Å². The fourth-order valence-electron chi connectivity index (χ4n) is 5.90. The Kier molecular flexibility index (Phi) is 6.08. The van der Waals surface area contributed by atoms with Crippen LogP contribution in [0.3, 0.4) is 0 Å². The SMILES string of the molecule is CC(F)(c1ccc2c(c1)CC1N(C(=O)c3ccc(C(=O)O)cc3)CCC21Cc1ccc(F)cc1)C(F)(F)F. The van der Waals surface area contributed by atoms with Crippen molar-refractivity contribution >= 4 is 11.9 Å². The van der Waals surface area contributed by atoms with Crippen LogP contribution in [0.5, 0.6) is 0 Å². The molecule has 0 aromatic heterocycles. The second-order valence-corrected chi connectivity index (χ2v) is 10.2. The van der Waals surface area contributed by atoms with E-state index < -0.39 is 40.7 Å². The van der Waals surface area contributed by atoms with Gasteiger partial charge in [-0.1, -0.05) is 30.3 Å². The minimum atomic E-state index is -5.09. The molecule has 3 aromatic carbocycles. The molecule has 9 heteroatoms. The highest BCUT2D eigenvalue weighted by Crippen LogP contribution is 2.52. The van der Waals surface area contributed by atoms with Gasteiger partial charge in [0.15, 0.2) is 0 Å². The zero-order valence-electron chi connectivity index (χ0n) is 20.4. The van der Waals surface area contributed by atoms with E-state index in [0.29, 0.717) is 31.9 Å². The molecule has 198 valence electrons. The van der Waals surface area contributed by atoms with Crippen molar-refractivity contribution in [3.05, 3.63) is 106 Å². The number of hydrogen-bond donors (Lipinski definition) is 1. The van der Waals surface area contributed by atoms with Crippen molar-refractivity contribution in [1.29, 1.82) is 0 Å². The Bertz CT molecular complexity index is 1400. The van der Waals surface area contributed by atoms with Gasteiger partial charge in [-0.15, -0.1) is 0 Å². The number of fused-ring (bicyclic) bond motifs is 3. The van der Waals surface area contributed by atoms with E-state index >= 15 is 0 Å². The molecule has 0 bridgehead atoms. The Morgan fingerprint density at radius 2 is 1.61 bits per heavy atom. The fourth-order valence-corrected chi connectivity index (χ4v) is 5.90. The van der Waals surface area contributed by atoms with E-state index in [2.05, 4.69) is 0 Å². The molecule has 4 nitrogen and oxygen atoms in total. The number of carboxylic acid groups (broad SMARTS) is 1. The predicted molar refractivity (Wildman–Crippen MR) is 129 cm³/mol. The summed E-state index contributed by atoms with van der Waals surface area (Å²) in [6.45, 7) is 0.866. The number of amides is 1. The van der Waals surface area contributed by atoms with Gasteiger partial charge in [0.1, 0.15) is 5.82 Å². The standard InChI is InChI=1S/C29H24F5NO3/c1-27(31,29(32,33)34)21-8-11-23-20(14-21)15-24-28(23,16-17-2-9-22(30)10-3-17)12-13-35(24)25(36)18-4-6-19(7-5-18)26(37)38/h2-11,14,24H,12-13,15-16H2,1H3,(H,37,38). The zero-order chi connectivity index (χ0) is 27.5. The Morgan fingerprint density at radius 3 is 2.21 bits per heavy atom. The van der Waals surface area contributed by atoms with Gasteiger partial charge in [0.05, 0.1) is 5.56 Å². The van der Waals surface area contributed by atoms with Crippen LogP contribution in [0.4, 0.5) is 22.0 Å². The first-order valence-corrected chi connectivity index (χ1v) is 12.1. The van der Waals surface area contributed by atoms with Crippen LogP contribution in [0.2, 0.25) is 0 Å². The van der Waals surface area contributed by atoms with E-state index in [1.807, 2.05) is 0 Å². The molecular formula is C29H24F5NO3. The summed E-state index contributed by atoms with van der Waals surface area (Å²) >= 11 is 0. The highest BCUT2D eigenvalue weighted by Gasteiger charge is 2.57. The lowest BCUT2D eigenvalue weighted by Gasteiger charge is -2.34. The molecule has 3 atom stereocenters. The van der Waals surface area contributed by atoms with Gasteiger partial charge in [0.25, 0.3) is 5.91 Å². The summed E-state index contributed by atoms with van der Waals surface area (Å²) in [6.07, 6.45) is -3.94. The van der Waals surface area contributed by atoms with Crippen LogP contribution in [-0.4, -0.2) is 40.6 Å². The number of nitrogens with zero attached hydrogens (tertiary/aromatic N) is 1. The first kappa shape index (κ1) is 25.9. The van der Waals surface area contributed by atoms with Gasteiger partial charge < -0.3 is 10.0 Å². The monoisotopic (exact) mass is 529 g/mol. The number of carboxylic acids is 1. The molecule has 3 aromatic rings. The molecular weight excluding hydrogens is 505 g/mol. The van der Waals surface area contributed by atoms with E-state index in [1.54, 1.807) is 17.0 Å². The van der Waals surface area contributed by atoms with E-state index in [-0.39, 0.29) is 23.5 Å². The molecule has 0 radical (unpaired) electrons. The summed E-state index contributed by atoms with van der Waals surface area (Å²) in [5.41, 5.74) is -2.27. The van der Waals surface area contributed by atoms with Crippen molar-refractivity contribution < 1.29 is 36.6 Å². The largest absolute Gasteiger partial charge is 0.478 e. The number of aromatic carboxylic acids is 1. The molecule has 0 saturated carbocycles. The summed E-state index contributed by atoms with van der Waals surface area (Å²) in [4.78, 5) is 26.4. The Hall–Kier alpha value is -3.75. The summed E-state index contributed by atoms with van der Waals surface area (Å²) in [5.74, 6) is -1.85. The predicted octanol–water partition coefficient (Wildman–Crippen LogP) is 6.22. The van der Waals surface area contributed by atoms with E-state index in [1.165, 1.54) is 48.5 Å². The van der Waals surface area contributed by atoms with Crippen LogP contribution in [0.25, 0.3) is 0 Å². The minimum absolute atomic E-state index is 0.0355. The zero-order valence-corrected chi connectivity index (χ0v) is 20.4. The van der Waals surface area contributed by atoms with Crippen molar-refractivity contribution in [2.45, 2.75) is 49.5 Å². The maximum Gasteiger partial charge on any atom is 0.426 e. The summed E-state index contributed by atoms with van der Waals surface area (Å²) in [5, 5.41) is 9.15. The van der Waals surface area contributed by atoms with E-state index in [0.717, 1.165) is 17.2 Å². The number of halogens is 5. The van der Waals surface area contributed by atoms with Crippen molar-refractivity contribution in [3.8, 4) is 0 Å². The fraction of sp³-hybridized carbons (Fsp3) is 0.310. The van der Waals surface area contributed by atoms with Crippen LogP contribution in [0.15, 0.2) is 66.7 Å². The smallest absolute Gasteiger partial charge is 0.426 e. The van der Waals surface area contributed by atoms with E-state index in [4.69, 9.17) is 5.11 Å². The average Bonchev–Trinajstić information content (AvgIpc) is 3.37. The Morgan fingerprint density at radius 1 is 0.974 bits per heavy atom. The van der Waals surface area contributed by atoms with E-state index in [9.17, 15) is 31.5 Å². The van der Waals surface area contributed by atoms with Gasteiger partial charge in [0, 0.05) is 23.6 Å². The molecule has 1 N–H and O–H groups in total. The number of carbonyl (C=O) groups excluding carboxylic acids is 1. The van der Waals surface area contributed by atoms with Crippen molar-refractivity contribution in [2.75, 3.05) is 6.54 Å². The lowest BCUT2D eigenvalue weighted by molar-refractivity contribution is -0.228. The highest BCUT2D eigenvalue weighted by molar-refractivity contribution is 5.96. The minimum Gasteiger partial charge on any atom is -0.478 e. The van der Waals surface area contributed by atoms with Gasteiger partial charge >= 0.3 is 12.1 Å². The van der Waals surface area contributed by atoms with Crippen molar-refractivity contribution in [3.63, 3.8) is 0 Å². The first-order valence-electron chi connectivity index (χ1n) is 12.1. The number of benzene rings is 3. The normalized spacial score (nSPS) is 22.1. The number of alkyl halides is 4. The quantitative estimate of drug-likeness (QED) is 0.399. The number of rotatable bonds is 5. The molecule has 38 heavy (non-hydrogen) atoms. The summed E-state index contributed by atoms with van der Waals surface area (Å²) < 4.78 is 68.7. The molecule has 2 aliphatic rings. The second kappa shape index (κ2) is 8.92. The van der Waals surface area contributed by atoms with Gasteiger partial charge in [-0.25, -0.2) is 13.6 Å². The van der Waals surface area contributed by atoms with Crippen molar-refractivity contribution in [1.82, 2.24) is 4.90 Å². The lowest BCUT2D eigenvalue weighted by Crippen LogP contribution is -2.44. The summed E-state index contributed by atoms with van der Waals surface area (Å²) in [6, 6.07) is 15.0. The van der Waals surface area contributed by atoms with Crippen LogP contribution in [-0.2, 0) is 23.9 Å². The molecule has 1 saturated heterocycles. The molecule has 1 heterocycles. The molecule has 1 fully saturated rings. The molecule has 1 aliphatic carbocycles. The lowest BCUT2D eigenvalue weighted by atomic mass is 9.73. The third-order valence-corrected chi connectivity index (χ3v) is 8.01. The summed E-state index contributed by atoms with van der Waals surface area (Å²) in [7, 11) is 0. The third-order valence-electron chi connectivity index (χ3n) is 8.01. The maximum atomic E-state index is 14.8. The number of carbonyl (C=O) groups is 2. The van der Waals surface area contributed by atoms with Gasteiger partial charge in [-0.3, -0.25) is 4.79 Å². The highest BCUT2D eigenvalue weighted by atomic mass is 19.4. The van der Waals surface area contributed by atoms with Gasteiger partial charge in [-0.05, 0) is 84.8 Å². The first-order chi connectivity index (χ1) is 17.8. The second-order valence-electron chi connectivity index (χ2n) is 10.2. The molecule has 5 rings (SSSR count). The maximum absolute atomic E-state index is 14.8. The van der Waals surface area contributed by atoms with Gasteiger partial charge in [-0.2, -0.15) is 13.2 Å². The van der Waals surface area contributed by atoms with Crippen molar-refractivity contribution in [2.24, 2.45) is 0 Å².